The first-order valence-electron chi connectivity index (χ1n) is 17.7. The number of fused-ring (bicyclic) bond motifs is 2. The van der Waals surface area contributed by atoms with Crippen molar-refractivity contribution in [3.05, 3.63) is 82.3 Å². The Bertz CT molecular complexity index is 1180. The molecule has 0 spiro atoms. The Hall–Kier alpha value is -3.14. The molecule has 0 atom stereocenters. The topological polar surface area (TPSA) is 52.6 Å². The normalized spacial score (nSPS) is 14.3. The molecule has 2 aromatic rings. The average Bonchev–Trinajstić information content (AvgIpc) is 3.04. The van der Waals surface area contributed by atoms with E-state index in [4.69, 9.17) is 9.47 Å². The third-order valence-electron chi connectivity index (χ3n) is 9.07. The van der Waals surface area contributed by atoms with E-state index in [0.717, 1.165) is 60.8 Å². The molecule has 0 unspecified atom stereocenters. The fraction of sp³-hybridized carbons (Fsp3) is 0.550. The van der Waals surface area contributed by atoms with Crippen LogP contribution in [0.5, 0.6) is 0 Å². The van der Waals surface area contributed by atoms with Crippen LogP contribution >= 0.6 is 0 Å². The number of unbranched alkanes of at least 4 members (excludes halogenated alkanes) is 12. The van der Waals surface area contributed by atoms with Gasteiger partial charge in [-0.2, -0.15) is 0 Å². The number of benzene rings is 2. The van der Waals surface area contributed by atoms with E-state index < -0.39 is 0 Å². The van der Waals surface area contributed by atoms with Crippen LogP contribution in [0.1, 0.15) is 152 Å². The lowest BCUT2D eigenvalue weighted by Crippen LogP contribution is -2.17. The number of hydrogen-bond donors (Lipinski definition) is 0. The maximum atomic E-state index is 13.2. The zero-order chi connectivity index (χ0) is 31.0. The van der Waals surface area contributed by atoms with Crippen molar-refractivity contribution in [3.63, 3.8) is 0 Å². The Kier molecular flexibility index (Phi) is 14.3. The van der Waals surface area contributed by atoms with Crippen molar-refractivity contribution in [1.82, 2.24) is 0 Å². The Morgan fingerprint density at radius 3 is 1.27 bits per heavy atom. The molecular weight excluding hydrogens is 544 g/mol. The molecular formula is C40H54O4. The van der Waals surface area contributed by atoms with Crippen LogP contribution in [0, 0.1) is 0 Å². The summed E-state index contributed by atoms with van der Waals surface area (Å²) >= 11 is 0. The van der Waals surface area contributed by atoms with Crippen molar-refractivity contribution in [2.45, 2.75) is 142 Å². The van der Waals surface area contributed by atoms with Crippen LogP contribution in [0.15, 0.2) is 60.0 Å². The molecule has 0 heterocycles. The minimum atomic E-state index is -0.160. The molecule has 4 nitrogen and oxygen atoms in total. The lowest BCUT2D eigenvalue weighted by molar-refractivity contribution is -0.140. The van der Waals surface area contributed by atoms with Gasteiger partial charge >= 0.3 is 11.9 Å². The zero-order valence-electron chi connectivity index (χ0n) is 27.4. The van der Waals surface area contributed by atoms with Crippen LogP contribution in [-0.2, 0) is 31.9 Å². The molecule has 0 saturated carbocycles. The largest absolute Gasteiger partial charge is 0.430 e. The predicted octanol–water partition coefficient (Wildman–Crippen LogP) is 11.1. The van der Waals surface area contributed by atoms with E-state index >= 15 is 0 Å². The number of esters is 2. The number of allylic oxidation sites excluding steroid dienone is 4. The average molecular weight is 599 g/mol. The minimum Gasteiger partial charge on any atom is -0.430 e. The molecule has 0 amide bonds. The molecule has 44 heavy (non-hydrogen) atoms. The summed E-state index contributed by atoms with van der Waals surface area (Å²) in [5.41, 5.74) is 6.46. The number of carbonyl (C=O) groups is 2. The van der Waals surface area contributed by atoms with Gasteiger partial charge in [0.1, 0.15) is 11.5 Å². The van der Waals surface area contributed by atoms with Crippen molar-refractivity contribution >= 4 is 23.1 Å². The smallest absolute Gasteiger partial charge is 0.310 e. The van der Waals surface area contributed by atoms with Gasteiger partial charge in [0.2, 0.25) is 0 Å². The quantitative estimate of drug-likeness (QED) is 0.119. The van der Waals surface area contributed by atoms with Crippen LogP contribution in [0.25, 0.3) is 11.1 Å². The van der Waals surface area contributed by atoms with E-state index in [0.29, 0.717) is 37.2 Å². The number of aryl methyl sites for hydroxylation is 2. The lowest BCUT2D eigenvalue weighted by Gasteiger charge is -2.29. The van der Waals surface area contributed by atoms with Gasteiger partial charge in [0.25, 0.3) is 0 Å². The molecule has 0 saturated heterocycles. The van der Waals surface area contributed by atoms with E-state index in [1.165, 1.54) is 75.3 Å². The van der Waals surface area contributed by atoms with E-state index in [9.17, 15) is 9.59 Å². The van der Waals surface area contributed by atoms with Crippen molar-refractivity contribution in [2.24, 2.45) is 0 Å². The van der Waals surface area contributed by atoms with Crippen LogP contribution in [0.4, 0.5) is 0 Å². The SMILES string of the molecule is CCCCCCCCCC(=O)OC1=C(C2=C(OC(=O)CCCCCCCCC)CCc3ccccc32)c2ccccc2CC1. The molecule has 0 N–H and O–H groups in total. The summed E-state index contributed by atoms with van der Waals surface area (Å²) in [4.78, 5) is 26.3. The molecule has 4 heteroatoms. The first-order chi connectivity index (χ1) is 21.6. The third kappa shape index (κ3) is 9.94. The van der Waals surface area contributed by atoms with Gasteiger partial charge in [-0.05, 0) is 47.9 Å². The van der Waals surface area contributed by atoms with Gasteiger partial charge in [0, 0.05) is 36.8 Å². The van der Waals surface area contributed by atoms with Crippen LogP contribution in [-0.4, -0.2) is 11.9 Å². The fourth-order valence-corrected chi connectivity index (χ4v) is 6.59. The standard InChI is InChI=1S/C40H54O4/c1-3-5-7-9-11-13-15-25-37(41)43-35-29-27-31-21-17-19-23-33(31)39(35)40-34-24-20-18-22-32(34)28-30-36(40)44-38(42)26-16-14-12-10-8-6-4-2/h17-24H,3-16,25-30H2,1-2H3. The van der Waals surface area contributed by atoms with Crippen molar-refractivity contribution in [3.8, 4) is 0 Å². The second kappa shape index (κ2) is 18.6. The Labute approximate surface area is 266 Å². The van der Waals surface area contributed by atoms with Gasteiger partial charge in [-0.1, -0.05) is 139 Å². The van der Waals surface area contributed by atoms with E-state index in [1.807, 2.05) is 12.1 Å². The molecule has 0 bridgehead atoms. The molecule has 0 radical (unpaired) electrons. The van der Waals surface area contributed by atoms with Crippen LogP contribution in [0.2, 0.25) is 0 Å². The highest BCUT2D eigenvalue weighted by Crippen LogP contribution is 2.46. The first-order valence-corrected chi connectivity index (χ1v) is 17.7. The maximum Gasteiger partial charge on any atom is 0.310 e. The van der Waals surface area contributed by atoms with Gasteiger partial charge in [0.15, 0.2) is 0 Å². The lowest BCUT2D eigenvalue weighted by atomic mass is 9.78. The summed E-state index contributed by atoms with van der Waals surface area (Å²) in [6.45, 7) is 4.46. The Morgan fingerprint density at radius 2 is 0.864 bits per heavy atom. The van der Waals surface area contributed by atoms with E-state index in [-0.39, 0.29) is 11.9 Å². The Morgan fingerprint density at radius 1 is 0.500 bits per heavy atom. The highest BCUT2D eigenvalue weighted by Gasteiger charge is 2.31. The van der Waals surface area contributed by atoms with Crippen molar-refractivity contribution < 1.29 is 19.1 Å². The Balaban J connectivity index is 1.55. The second-order valence-electron chi connectivity index (χ2n) is 12.6. The van der Waals surface area contributed by atoms with Gasteiger partial charge in [0.05, 0.1) is 0 Å². The van der Waals surface area contributed by atoms with Crippen LogP contribution in [0.3, 0.4) is 0 Å². The summed E-state index contributed by atoms with van der Waals surface area (Å²) in [7, 11) is 0. The van der Waals surface area contributed by atoms with Gasteiger partial charge in [-0.15, -0.1) is 0 Å². The van der Waals surface area contributed by atoms with Gasteiger partial charge in [-0.3, -0.25) is 9.59 Å². The molecule has 0 aliphatic heterocycles. The highest BCUT2D eigenvalue weighted by molar-refractivity contribution is 6.09. The number of rotatable bonds is 19. The summed E-state index contributed by atoms with van der Waals surface area (Å²) in [5.74, 6) is 1.10. The maximum absolute atomic E-state index is 13.2. The molecule has 238 valence electrons. The molecule has 0 fully saturated rings. The number of ether oxygens (including phenoxy) is 2. The third-order valence-corrected chi connectivity index (χ3v) is 9.07. The first kappa shape index (κ1) is 33.7. The van der Waals surface area contributed by atoms with Gasteiger partial charge < -0.3 is 9.47 Å². The number of hydrogen-bond acceptors (Lipinski definition) is 4. The zero-order valence-corrected chi connectivity index (χ0v) is 27.4. The van der Waals surface area contributed by atoms with Crippen molar-refractivity contribution in [2.75, 3.05) is 0 Å². The molecule has 2 aliphatic rings. The predicted molar refractivity (Wildman–Crippen MR) is 181 cm³/mol. The van der Waals surface area contributed by atoms with E-state index in [1.54, 1.807) is 0 Å². The summed E-state index contributed by atoms with van der Waals surface area (Å²) in [5, 5.41) is 0. The highest BCUT2D eigenvalue weighted by atomic mass is 16.5. The second-order valence-corrected chi connectivity index (χ2v) is 12.6. The minimum absolute atomic E-state index is 0.160. The summed E-state index contributed by atoms with van der Waals surface area (Å²) < 4.78 is 12.4. The molecule has 0 aromatic heterocycles. The number of carbonyl (C=O) groups excluding carboxylic acids is 2. The summed E-state index contributed by atoms with van der Waals surface area (Å²) in [6, 6.07) is 16.8. The monoisotopic (exact) mass is 598 g/mol. The van der Waals surface area contributed by atoms with Crippen molar-refractivity contribution in [1.29, 1.82) is 0 Å². The molecule has 4 rings (SSSR count). The molecule has 2 aromatic carbocycles. The summed E-state index contributed by atoms with van der Waals surface area (Å²) in [6.07, 6.45) is 20.1. The van der Waals surface area contributed by atoms with E-state index in [2.05, 4.69) is 50.2 Å². The van der Waals surface area contributed by atoms with Gasteiger partial charge in [-0.25, -0.2) is 0 Å². The van der Waals surface area contributed by atoms with Crippen LogP contribution < -0.4 is 0 Å². The molecule has 2 aliphatic carbocycles. The fourth-order valence-electron chi connectivity index (χ4n) is 6.59.